The average Bonchev–Trinajstić information content (AvgIpc) is 2.89. The van der Waals surface area contributed by atoms with Gasteiger partial charge >= 0.3 is 0 Å². The van der Waals surface area contributed by atoms with Crippen molar-refractivity contribution in [3.05, 3.63) is 24.0 Å². The number of hydrogen-bond acceptors (Lipinski definition) is 7. The van der Waals surface area contributed by atoms with Crippen molar-refractivity contribution in [2.24, 2.45) is 0 Å². The molecule has 3 N–H and O–H groups in total. The monoisotopic (exact) mass is 263 g/mol. The molecule has 0 amide bonds. The van der Waals surface area contributed by atoms with E-state index in [0.29, 0.717) is 36.9 Å². The number of aromatic hydroxyl groups is 1. The van der Waals surface area contributed by atoms with E-state index in [9.17, 15) is 5.11 Å². The summed E-state index contributed by atoms with van der Waals surface area (Å²) in [6.07, 6.45) is -0.331. The van der Waals surface area contributed by atoms with Crippen molar-refractivity contribution < 1.29 is 19.1 Å². The van der Waals surface area contributed by atoms with E-state index in [2.05, 4.69) is 10.1 Å². The molecule has 1 aromatic heterocycles. The Labute approximate surface area is 108 Å². The van der Waals surface area contributed by atoms with Crippen LogP contribution in [0.3, 0.4) is 0 Å². The predicted molar refractivity (Wildman–Crippen MR) is 65.3 cm³/mol. The summed E-state index contributed by atoms with van der Waals surface area (Å²) < 4.78 is 15.9. The second kappa shape index (κ2) is 4.87. The summed E-state index contributed by atoms with van der Waals surface area (Å²) in [7, 11) is 0. The van der Waals surface area contributed by atoms with E-state index in [0.717, 1.165) is 0 Å². The third-order valence-corrected chi connectivity index (χ3v) is 2.80. The van der Waals surface area contributed by atoms with Crippen LogP contribution in [-0.2, 0) is 9.47 Å². The van der Waals surface area contributed by atoms with E-state index in [4.69, 9.17) is 19.7 Å². The van der Waals surface area contributed by atoms with E-state index < -0.39 is 0 Å². The number of benzene rings is 1. The minimum Gasteiger partial charge on any atom is -0.507 e. The molecule has 2 aromatic rings. The van der Waals surface area contributed by atoms with Crippen molar-refractivity contribution in [3.8, 4) is 17.2 Å². The van der Waals surface area contributed by atoms with Crippen LogP contribution in [0.15, 0.2) is 22.7 Å². The minimum atomic E-state index is -0.331. The summed E-state index contributed by atoms with van der Waals surface area (Å²) in [5, 5.41) is 13.6. The van der Waals surface area contributed by atoms with Crippen LogP contribution in [0, 0.1) is 0 Å². The first-order valence-electron chi connectivity index (χ1n) is 5.86. The van der Waals surface area contributed by atoms with Crippen molar-refractivity contribution in [2.45, 2.75) is 6.10 Å². The molecule has 3 rings (SSSR count). The molecule has 0 aliphatic carbocycles. The molecule has 1 aromatic carbocycles. The standard InChI is InChI=1S/C12H13N3O4/c13-7-1-2-8(9(16)5-7)12-14-11(15-19-12)10-6-17-3-4-18-10/h1-2,5,10,16H,3-4,6,13H2. The molecule has 1 saturated heterocycles. The SMILES string of the molecule is Nc1ccc(-c2nc(C3COCCO3)no2)c(O)c1. The summed E-state index contributed by atoms with van der Waals surface area (Å²) >= 11 is 0. The van der Waals surface area contributed by atoms with Gasteiger partial charge in [0.15, 0.2) is 0 Å². The molecule has 100 valence electrons. The third kappa shape index (κ3) is 2.38. The number of aromatic nitrogens is 2. The van der Waals surface area contributed by atoms with Gasteiger partial charge in [0.1, 0.15) is 11.9 Å². The predicted octanol–water partition coefficient (Wildman–Crippen LogP) is 1.11. The molecule has 0 radical (unpaired) electrons. The quantitative estimate of drug-likeness (QED) is 0.782. The lowest BCUT2D eigenvalue weighted by Gasteiger charge is -2.19. The van der Waals surface area contributed by atoms with Gasteiger partial charge in [-0.2, -0.15) is 4.98 Å². The van der Waals surface area contributed by atoms with Gasteiger partial charge in [-0.3, -0.25) is 0 Å². The fourth-order valence-electron chi connectivity index (χ4n) is 1.84. The van der Waals surface area contributed by atoms with Crippen LogP contribution in [0.2, 0.25) is 0 Å². The number of rotatable bonds is 2. The van der Waals surface area contributed by atoms with Crippen molar-refractivity contribution >= 4 is 5.69 Å². The highest BCUT2D eigenvalue weighted by molar-refractivity contribution is 5.66. The van der Waals surface area contributed by atoms with Gasteiger partial charge in [-0.15, -0.1) is 0 Å². The van der Waals surface area contributed by atoms with Gasteiger partial charge in [0, 0.05) is 11.8 Å². The number of nitrogens with zero attached hydrogens (tertiary/aromatic N) is 2. The molecule has 1 aliphatic rings. The van der Waals surface area contributed by atoms with Gasteiger partial charge in [0.25, 0.3) is 5.89 Å². The summed E-state index contributed by atoms with van der Waals surface area (Å²) in [6.45, 7) is 1.47. The first-order chi connectivity index (χ1) is 9.24. The van der Waals surface area contributed by atoms with Crippen molar-refractivity contribution in [2.75, 3.05) is 25.6 Å². The van der Waals surface area contributed by atoms with E-state index in [1.807, 2.05) is 0 Å². The molecule has 19 heavy (non-hydrogen) atoms. The molecule has 0 spiro atoms. The molecule has 7 heteroatoms. The second-order valence-electron chi connectivity index (χ2n) is 4.17. The second-order valence-corrected chi connectivity index (χ2v) is 4.17. The normalized spacial score (nSPS) is 19.5. The highest BCUT2D eigenvalue weighted by Gasteiger charge is 2.23. The van der Waals surface area contributed by atoms with Crippen LogP contribution in [0.4, 0.5) is 5.69 Å². The first-order valence-corrected chi connectivity index (χ1v) is 5.86. The Morgan fingerprint density at radius 3 is 2.95 bits per heavy atom. The van der Waals surface area contributed by atoms with Crippen molar-refractivity contribution in [1.29, 1.82) is 0 Å². The summed E-state index contributed by atoms with van der Waals surface area (Å²) in [5.41, 5.74) is 6.46. The van der Waals surface area contributed by atoms with Crippen LogP contribution in [-0.4, -0.2) is 35.1 Å². The fourth-order valence-corrected chi connectivity index (χ4v) is 1.84. The van der Waals surface area contributed by atoms with Crippen LogP contribution >= 0.6 is 0 Å². The number of anilines is 1. The highest BCUT2D eigenvalue weighted by atomic mass is 16.6. The smallest absolute Gasteiger partial charge is 0.261 e. The fraction of sp³-hybridized carbons (Fsp3) is 0.333. The third-order valence-electron chi connectivity index (χ3n) is 2.80. The maximum absolute atomic E-state index is 9.80. The molecule has 0 saturated carbocycles. The van der Waals surface area contributed by atoms with E-state index >= 15 is 0 Å². The lowest BCUT2D eigenvalue weighted by atomic mass is 10.2. The molecular formula is C12H13N3O4. The Morgan fingerprint density at radius 1 is 1.32 bits per heavy atom. The molecular weight excluding hydrogens is 250 g/mol. The molecule has 2 heterocycles. The van der Waals surface area contributed by atoms with Gasteiger partial charge < -0.3 is 24.8 Å². The zero-order chi connectivity index (χ0) is 13.2. The van der Waals surface area contributed by atoms with Gasteiger partial charge in [-0.25, -0.2) is 0 Å². The number of phenols is 1. The van der Waals surface area contributed by atoms with Crippen LogP contribution in [0.25, 0.3) is 11.5 Å². The Balaban J connectivity index is 1.87. The largest absolute Gasteiger partial charge is 0.507 e. The number of nitrogen functional groups attached to an aromatic ring is 1. The van der Waals surface area contributed by atoms with Crippen LogP contribution < -0.4 is 5.73 Å². The summed E-state index contributed by atoms with van der Waals surface area (Å²) in [4.78, 5) is 4.21. The van der Waals surface area contributed by atoms with E-state index in [1.165, 1.54) is 6.07 Å². The Morgan fingerprint density at radius 2 is 2.21 bits per heavy atom. The van der Waals surface area contributed by atoms with Gasteiger partial charge in [0.05, 0.1) is 25.4 Å². The maximum atomic E-state index is 9.80. The number of hydrogen-bond donors (Lipinski definition) is 2. The number of phenolic OH excluding ortho intramolecular Hbond substituents is 1. The molecule has 7 nitrogen and oxygen atoms in total. The Hall–Kier alpha value is -2.12. The molecule has 1 unspecified atom stereocenters. The van der Waals surface area contributed by atoms with Crippen LogP contribution in [0.1, 0.15) is 11.9 Å². The molecule has 1 atom stereocenters. The number of nitrogens with two attached hydrogens (primary N) is 1. The lowest BCUT2D eigenvalue weighted by Crippen LogP contribution is -2.22. The summed E-state index contributed by atoms with van der Waals surface area (Å²) in [6, 6.07) is 4.71. The number of ether oxygens (including phenoxy) is 2. The van der Waals surface area contributed by atoms with E-state index in [1.54, 1.807) is 12.1 Å². The highest BCUT2D eigenvalue weighted by Crippen LogP contribution is 2.30. The Bertz CT molecular complexity index is 578. The molecule has 0 bridgehead atoms. The molecule has 1 fully saturated rings. The maximum Gasteiger partial charge on any atom is 0.261 e. The average molecular weight is 263 g/mol. The van der Waals surface area contributed by atoms with Crippen molar-refractivity contribution in [1.82, 2.24) is 10.1 Å². The van der Waals surface area contributed by atoms with Gasteiger partial charge in [0.2, 0.25) is 5.82 Å². The zero-order valence-corrected chi connectivity index (χ0v) is 10.1. The topological polar surface area (TPSA) is 104 Å². The lowest BCUT2D eigenvalue weighted by molar-refractivity contribution is -0.0941. The summed E-state index contributed by atoms with van der Waals surface area (Å²) in [5.74, 6) is 0.628. The van der Waals surface area contributed by atoms with E-state index in [-0.39, 0.29) is 17.7 Å². The molecule has 1 aliphatic heterocycles. The van der Waals surface area contributed by atoms with Gasteiger partial charge in [-0.1, -0.05) is 5.16 Å². The van der Waals surface area contributed by atoms with Gasteiger partial charge in [-0.05, 0) is 12.1 Å². The van der Waals surface area contributed by atoms with Crippen LogP contribution in [0.5, 0.6) is 5.75 Å². The Kier molecular flexibility index (Phi) is 3.06. The minimum absolute atomic E-state index is 0.00369. The first kappa shape index (κ1) is 11.9. The zero-order valence-electron chi connectivity index (χ0n) is 10.1. The van der Waals surface area contributed by atoms with Crippen molar-refractivity contribution in [3.63, 3.8) is 0 Å².